The molecule has 198 valence electrons. The molecule has 1 N–H and O–H groups in total. The molecule has 0 saturated heterocycles. The molecule has 1 spiro atoms. The van der Waals surface area contributed by atoms with E-state index in [4.69, 9.17) is 0 Å². The van der Waals surface area contributed by atoms with Gasteiger partial charge in [0.15, 0.2) is 5.66 Å². The number of anilines is 1. The van der Waals surface area contributed by atoms with E-state index < -0.39 is 22.7 Å². The summed E-state index contributed by atoms with van der Waals surface area (Å²) in [6, 6.07) is 9.02. The lowest BCUT2D eigenvalue weighted by molar-refractivity contribution is -0.127. The molecule has 0 radical (unpaired) electrons. The number of aromatic nitrogens is 2. The molecule has 3 aliphatic rings. The molecule has 7 nitrogen and oxygen atoms in total. The highest BCUT2D eigenvalue weighted by molar-refractivity contribution is 6.41. The Morgan fingerprint density at radius 3 is 2.62 bits per heavy atom. The molecule has 2 aromatic heterocycles. The second kappa shape index (κ2) is 8.90. The van der Waals surface area contributed by atoms with Crippen molar-refractivity contribution < 1.29 is 18.4 Å². The maximum absolute atomic E-state index is 14.1. The van der Waals surface area contributed by atoms with E-state index in [2.05, 4.69) is 20.3 Å². The number of fused-ring (bicyclic) bond motifs is 3. The van der Waals surface area contributed by atoms with Crippen molar-refractivity contribution in [3.63, 3.8) is 0 Å². The van der Waals surface area contributed by atoms with Gasteiger partial charge < -0.3 is 10.2 Å². The van der Waals surface area contributed by atoms with Crippen LogP contribution in [-0.4, -0.2) is 38.9 Å². The number of nitrogens with one attached hydrogen (secondary N) is 1. The van der Waals surface area contributed by atoms with Gasteiger partial charge in [-0.25, -0.2) is 13.8 Å². The van der Waals surface area contributed by atoms with Gasteiger partial charge in [-0.3, -0.25) is 19.6 Å². The Morgan fingerprint density at radius 1 is 1.10 bits per heavy atom. The molecule has 6 rings (SSSR count). The van der Waals surface area contributed by atoms with E-state index in [1.165, 1.54) is 17.0 Å². The molecule has 2 aliphatic heterocycles. The quantitative estimate of drug-likeness (QED) is 0.527. The van der Waals surface area contributed by atoms with E-state index >= 15 is 0 Å². The maximum atomic E-state index is 14.1. The SMILES string of the molecule is CC(C)C1=N[C@](C)(c2cc(F)cc(F)c2)N(C/C=C/c2cnc3c(c2)CC2(C3)C(=O)Nc3ncccc32)C1=O. The molecule has 2 atom stereocenters. The largest absolute Gasteiger partial charge is 0.310 e. The van der Waals surface area contributed by atoms with Crippen molar-refractivity contribution >= 4 is 29.4 Å². The minimum absolute atomic E-state index is 0.0622. The first-order chi connectivity index (χ1) is 18.6. The smallest absolute Gasteiger partial charge is 0.270 e. The zero-order valence-corrected chi connectivity index (χ0v) is 21.8. The molecule has 0 bridgehead atoms. The highest BCUT2D eigenvalue weighted by Gasteiger charge is 2.51. The van der Waals surface area contributed by atoms with Crippen molar-refractivity contribution in [2.24, 2.45) is 10.9 Å². The zero-order valence-electron chi connectivity index (χ0n) is 21.8. The summed E-state index contributed by atoms with van der Waals surface area (Å²) in [7, 11) is 0. The fourth-order valence-electron chi connectivity index (χ4n) is 5.88. The zero-order chi connectivity index (χ0) is 27.5. The Balaban J connectivity index is 1.25. The third-order valence-corrected chi connectivity index (χ3v) is 7.91. The summed E-state index contributed by atoms with van der Waals surface area (Å²) in [5.41, 5.74) is 2.28. The Kier molecular flexibility index (Phi) is 5.71. The van der Waals surface area contributed by atoms with Crippen LogP contribution in [0.3, 0.4) is 0 Å². The van der Waals surface area contributed by atoms with E-state index in [9.17, 15) is 18.4 Å². The van der Waals surface area contributed by atoms with Crippen molar-refractivity contribution in [2.45, 2.75) is 44.7 Å². The van der Waals surface area contributed by atoms with Gasteiger partial charge in [0.2, 0.25) is 5.91 Å². The monoisotopic (exact) mass is 527 g/mol. The molecule has 2 amide bonds. The minimum atomic E-state index is -1.25. The van der Waals surface area contributed by atoms with Crippen molar-refractivity contribution in [3.8, 4) is 0 Å². The molecular weight excluding hydrogens is 500 g/mol. The molecule has 3 aromatic rings. The fraction of sp³-hybridized carbons (Fsp3) is 0.300. The molecule has 1 aromatic carbocycles. The first kappa shape index (κ1) is 25.0. The summed E-state index contributed by atoms with van der Waals surface area (Å²) in [5, 5.41) is 2.90. The second-order valence-corrected chi connectivity index (χ2v) is 10.8. The Morgan fingerprint density at radius 2 is 1.87 bits per heavy atom. The number of carbonyl (C=O) groups excluding carboxylic acids is 2. The van der Waals surface area contributed by atoms with Gasteiger partial charge in [-0.15, -0.1) is 0 Å². The number of nitrogens with zero attached hydrogens (tertiary/aromatic N) is 4. The summed E-state index contributed by atoms with van der Waals surface area (Å²) < 4.78 is 28.2. The van der Waals surface area contributed by atoms with Crippen LogP contribution in [0.2, 0.25) is 0 Å². The Bertz CT molecular complexity index is 1580. The summed E-state index contributed by atoms with van der Waals surface area (Å²) in [5.74, 6) is -1.32. The van der Waals surface area contributed by atoms with Crippen LogP contribution in [0, 0.1) is 17.6 Å². The van der Waals surface area contributed by atoms with E-state index in [0.717, 1.165) is 28.5 Å². The van der Waals surface area contributed by atoms with Crippen LogP contribution in [-0.2, 0) is 33.5 Å². The Labute approximate surface area is 224 Å². The number of aliphatic imine (C=N–C) groups is 1. The summed E-state index contributed by atoms with van der Waals surface area (Å²) in [6.45, 7) is 5.60. The Hall–Kier alpha value is -4.27. The van der Waals surface area contributed by atoms with Crippen molar-refractivity contribution in [1.82, 2.24) is 14.9 Å². The van der Waals surface area contributed by atoms with E-state index in [1.807, 2.05) is 44.2 Å². The van der Waals surface area contributed by atoms with Crippen LogP contribution in [0.25, 0.3) is 6.08 Å². The van der Waals surface area contributed by atoms with Crippen molar-refractivity contribution in [2.75, 3.05) is 11.9 Å². The molecule has 1 unspecified atom stereocenters. The van der Waals surface area contributed by atoms with Gasteiger partial charge in [-0.2, -0.15) is 0 Å². The number of pyridine rings is 2. The van der Waals surface area contributed by atoms with E-state index in [1.54, 1.807) is 19.3 Å². The summed E-state index contributed by atoms with van der Waals surface area (Å²) >= 11 is 0. The van der Waals surface area contributed by atoms with Gasteiger partial charge in [-0.1, -0.05) is 32.1 Å². The van der Waals surface area contributed by atoms with Crippen LogP contribution < -0.4 is 5.32 Å². The van der Waals surface area contributed by atoms with Gasteiger partial charge in [0.25, 0.3) is 5.91 Å². The molecule has 39 heavy (non-hydrogen) atoms. The standard InChI is InChI=1S/C30H27F2N5O2/c1-17(2)25-27(38)37(29(3,36-25)20-11-21(31)13-22(32)12-20)9-5-6-18-10-19-14-30(15-24(19)34-16-18)23-7-4-8-33-26(23)35-28(30)39/h4-8,10-13,16-17H,9,14-15H2,1-3H3,(H,33,35,39)/b6-5+/t29-,30?/m0/s1. The summed E-state index contributed by atoms with van der Waals surface area (Å²) in [6.07, 6.45) is 8.12. The highest BCUT2D eigenvalue weighted by atomic mass is 19.1. The predicted octanol–water partition coefficient (Wildman–Crippen LogP) is 4.57. The average molecular weight is 528 g/mol. The average Bonchev–Trinajstić information content (AvgIpc) is 3.49. The van der Waals surface area contributed by atoms with E-state index in [-0.39, 0.29) is 29.8 Å². The van der Waals surface area contributed by atoms with Crippen molar-refractivity contribution in [3.05, 3.63) is 94.5 Å². The topological polar surface area (TPSA) is 87.6 Å². The van der Waals surface area contributed by atoms with Crippen LogP contribution in [0.1, 0.15) is 48.7 Å². The van der Waals surface area contributed by atoms with Gasteiger partial charge in [0.05, 0.1) is 5.41 Å². The van der Waals surface area contributed by atoms with Crippen LogP contribution in [0.4, 0.5) is 14.6 Å². The van der Waals surface area contributed by atoms with E-state index in [0.29, 0.717) is 24.4 Å². The third kappa shape index (κ3) is 3.95. The molecule has 0 saturated carbocycles. The molecule has 4 heterocycles. The number of benzene rings is 1. The van der Waals surface area contributed by atoms with Crippen LogP contribution in [0.5, 0.6) is 0 Å². The normalized spacial score (nSPS) is 23.6. The molecule has 1 aliphatic carbocycles. The predicted molar refractivity (Wildman–Crippen MR) is 143 cm³/mol. The molecule has 9 heteroatoms. The fourth-order valence-corrected chi connectivity index (χ4v) is 5.88. The highest BCUT2D eigenvalue weighted by Crippen LogP contribution is 2.46. The second-order valence-electron chi connectivity index (χ2n) is 10.8. The van der Waals surface area contributed by atoms with Crippen LogP contribution in [0.15, 0.2) is 59.9 Å². The minimum Gasteiger partial charge on any atom is -0.310 e. The number of carbonyl (C=O) groups is 2. The molecular formula is C30H27F2N5O2. The number of hydrogen-bond donors (Lipinski definition) is 1. The number of hydrogen-bond acceptors (Lipinski definition) is 5. The lowest BCUT2D eigenvalue weighted by Crippen LogP contribution is -2.43. The van der Waals surface area contributed by atoms with Gasteiger partial charge >= 0.3 is 0 Å². The number of rotatable bonds is 5. The first-order valence-electron chi connectivity index (χ1n) is 12.9. The van der Waals surface area contributed by atoms with Gasteiger partial charge in [0, 0.05) is 54.2 Å². The molecule has 0 fully saturated rings. The third-order valence-electron chi connectivity index (χ3n) is 7.91. The lowest BCUT2D eigenvalue weighted by Gasteiger charge is -2.33. The number of amides is 2. The number of halogens is 2. The van der Waals surface area contributed by atoms with Crippen molar-refractivity contribution in [1.29, 1.82) is 0 Å². The summed E-state index contributed by atoms with van der Waals surface area (Å²) in [4.78, 5) is 41.4. The van der Waals surface area contributed by atoms with Crippen LogP contribution >= 0.6 is 0 Å². The maximum Gasteiger partial charge on any atom is 0.270 e. The van der Waals surface area contributed by atoms with Gasteiger partial charge in [-0.05, 0) is 48.7 Å². The first-order valence-corrected chi connectivity index (χ1v) is 12.9. The lowest BCUT2D eigenvalue weighted by atomic mass is 9.80. The van der Waals surface area contributed by atoms with Gasteiger partial charge in [0.1, 0.15) is 23.2 Å².